The van der Waals surface area contributed by atoms with Gasteiger partial charge in [0.05, 0.1) is 34.2 Å². The molecule has 2 rings (SSSR count). The van der Waals surface area contributed by atoms with E-state index in [1.54, 1.807) is 24.3 Å². The molecule has 17 heavy (non-hydrogen) atoms. The topological polar surface area (TPSA) is 59.1 Å². The number of aliphatic hydroxyl groups excluding tert-OH is 1. The highest BCUT2D eigenvalue weighted by Gasteiger charge is 2.12. The second-order valence-corrected chi connectivity index (χ2v) is 4.32. The van der Waals surface area contributed by atoms with E-state index in [0.29, 0.717) is 32.6 Å². The molecule has 0 unspecified atom stereocenters. The number of hydrogen-bond donors (Lipinski definition) is 2. The highest BCUT2D eigenvalue weighted by molar-refractivity contribution is 6.43. The Kier molecular flexibility index (Phi) is 3.52. The fraction of sp³-hybridized carbons (Fsp3) is 0.0833. The van der Waals surface area contributed by atoms with Gasteiger partial charge in [-0.05, 0) is 12.1 Å². The van der Waals surface area contributed by atoms with Gasteiger partial charge in [-0.1, -0.05) is 35.3 Å². The van der Waals surface area contributed by atoms with E-state index in [1.807, 2.05) is 0 Å². The molecule has 0 aliphatic carbocycles. The van der Waals surface area contributed by atoms with Crippen LogP contribution in [0, 0.1) is 0 Å². The Hall–Kier alpha value is -1.29. The van der Waals surface area contributed by atoms with Crippen molar-refractivity contribution in [3.8, 4) is 11.3 Å². The number of anilines is 1. The molecule has 0 amide bonds. The molecule has 5 heteroatoms. The average molecular weight is 269 g/mol. The summed E-state index contributed by atoms with van der Waals surface area (Å²) in [4.78, 5) is 4.19. The van der Waals surface area contributed by atoms with Crippen molar-refractivity contribution in [1.29, 1.82) is 0 Å². The Bertz CT molecular complexity index is 558. The van der Waals surface area contributed by atoms with E-state index in [2.05, 4.69) is 4.98 Å². The van der Waals surface area contributed by atoms with Crippen LogP contribution in [-0.4, -0.2) is 10.1 Å². The number of nitrogens with zero attached hydrogens (tertiary/aromatic N) is 1. The van der Waals surface area contributed by atoms with E-state index < -0.39 is 0 Å². The Morgan fingerprint density at radius 1 is 1.29 bits per heavy atom. The lowest BCUT2D eigenvalue weighted by atomic mass is 10.1. The van der Waals surface area contributed by atoms with Crippen molar-refractivity contribution in [2.24, 2.45) is 0 Å². The third-order valence-electron chi connectivity index (χ3n) is 2.36. The number of aliphatic hydroxyl groups is 1. The van der Waals surface area contributed by atoms with Gasteiger partial charge in [-0.25, -0.2) is 0 Å². The Labute approximate surface area is 109 Å². The zero-order valence-corrected chi connectivity index (χ0v) is 10.3. The van der Waals surface area contributed by atoms with E-state index >= 15 is 0 Å². The highest BCUT2D eigenvalue weighted by atomic mass is 35.5. The van der Waals surface area contributed by atoms with Gasteiger partial charge < -0.3 is 10.8 Å². The third kappa shape index (κ3) is 2.36. The van der Waals surface area contributed by atoms with Crippen molar-refractivity contribution < 1.29 is 5.11 Å². The van der Waals surface area contributed by atoms with Crippen LogP contribution in [0.2, 0.25) is 10.0 Å². The summed E-state index contributed by atoms with van der Waals surface area (Å²) in [5.41, 5.74) is 8.01. The molecule has 0 saturated heterocycles. The number of nitrogen functional groups attached to an aromatic ring is 1. The molecule has 0 aliphatic heterocycles. The van der Waals surface area contributed by atoms with Gasteiger partial charge in [-0.15, -0.1) is 0 Å². The van der Waals surface area contributed by atoms with Gasteiger partial charge >= 0.3 is 0 Å². The summed E-state index contributed by atoms with van der Waals surface area (Å²) in [7, 11) is 0. The molecule has 1 heterocycles. The zero-order chi connectivity index (χ0) is 12.4. The van der Waals surface area contributed by atoms with Crippen LogP contribution in [0.15, 0.2) is 30.5 Å². The van der Waals surface area contributed by atoms with E-state index in [-0.39, 0.29) is 6.61 Å². The molecule has 88 valence electrons. The van der Waals surface area contributed by atoms with Crippen LogP contribution in [0.4, 0.5) is 5.69 Å². The van der Waals surface area contributed by atoms with Crippen LogP contribution in [0.1, 0.15) is 5.56 Å². The molecule has 0 spiro atoms. The monoisotopic (exact) mass is 268 g/mol. The van der Waals surface area contributed by atoms with Gasteiger partial charge in [-0.3, -0.25) is 4.98 Å². The van der Waals surface area contributed by atoms with E-state index in [9.17, 15) is 5.11 Å². The van der Waals surface area contributed by atoms with Crippen LogP contribution in [0.5, 0.6) is 0 Å². The number of nitrogens with two attached hydrogens (primary N) is 1. The Morgan fingerprint density at radius 3 is 2.76 bits per heavy atom. The first-order valence-corrected chi connectivity index (χ1v) is 5.68. The predicted molar refractivity (Wildman–Crippen MR) is 70.0 cm³/mol. The lowest BCUT2D eigenvalue weighted by Gasteiger charge is -2.09. The van der Waals surface area contributed by atoms with Crippen molar-refractivity contribution in [2.45, 2.75) is 6.61 Å². The molecule has 0 bridgehead atoms. The van der Waals surface area contributed by atoms with Gasteiger partial charge in [0.25, 0.3) is 0 Å². The Balaban J connectivity index is 2.64. The molecule has 0 fully saturated rings. The predicted octanol–water partition coefficient (Wildman–Crippen LogP) is 3.13. The summed E-state index contributed by atoms with van der Waals surface area (Å²) >= 11 is 12.1. The summed E-state index contributed by atoms with van der Waals surface area (Å²) in [6, 6.07) is 6.94. The summed E-state index contributed by atoms with van der Waals surface area (Å²) in [6.45, 7) is -0.157. The lowest BCUT2D eigenvalue weighted by molar-refractivity contribution is 0.282. The maximum atomic E-state index is 9.29. The first-order chi connectivity index (χ1) is 8.13. The van der Waals surface area contributed by atoms with Gasteiger partial charge in [0.2, 0.25) is 0 Å². The van der Waals surface area contributed by atoms with Crippen molar-refractivity contribution in [3.05, 3.63) is 46.1 Å². The van der Waals surface area contributed by atoms with Crippen LogP contribution in [0.25, 0.3) is 11.3 Å². The van der Waals surface area contributed by atoms with Crippen LogP contribution in [-0.2, 0) is 6.61 Å². The molecule has 3 N–H and O–H groups in total. The molecule has 0 atom stereocenters. The normalized spacial score (nSPS) is 10.5. The molecule has 3 nitrogen and oxygen atoms in total. The standard InChI is InChI=1S/C12H10Cl2N2O/c13-10-3-1-2-9(11(10)14)12-7(6-17)4-8(15)5-16-12/h1-5,17H,6,15H2. The van der Waals surface area contributed by atoms with E-state index in [1.165, 1.54) is 6.20 Å². The summed E-state index contributed by atoms with van der Waals surface area (Å²) in [6.07, 6.45) is 1.52. The smallest absolute Gasteiger partial charge is 0.0774 e. The zero-order valence-electron chi connectivity index (χ0n) is 8.82. The minimum atomic E-state index is -0.157. The maximum absolute atomic E-state index is 9.29. The lowest BCUT2D eigenvalue weighted by Crippen LogP contribution is -1.97. The van der Waals surface area contributed by atoms with E-state index in [0.717, 1.165) is 0 Å². The number of aromatic nitrogens is 1. The van der Waals surface area contributed by atoms with Crippen molar-refractivity contribution in [1.82, 2.24) is 4.98 Å². The largest absolute Gasteiger partial charge is 0.397 e. The van der Waals surface area contributed by atoms with Gasteiger partial charge in [0, 0.05) is 11.1 Å². The molecule has 0 aliphatic rings. The molecule has 1 aromatic heterocycles. The second-order valence-electron chi connectivity index (χ2n) is 3.54. The fourth-order valence-corrected chi connectivity index (χ4v) is 1.97. The van der Waals surface area contributed by atoms with Crippen molar-refractivity contribution >= 4 is 28.9 Å². The molecule has 1 aromatic carbocycles. The second kappa shape index (κ2) is 4.92. The number of hydrogen-bond acceptors (Lipinski definition) is 3. The summed E-state index contributed by atoms with van der Waals surface area (Å²) in [5, 5.41) is 10.2. The molecule has 2 aromatic rings. The molecule has 0 saturated carbocycles. The molecular weight excluding hydrogens is 259 g/mol. The van der Waals surface area contributed by atoms with E-state index in [4.69, 9.17) is 28.9 Å². The highest BCUT2D eigenvalue weighted by Crippen LogP contribution is 2.34. The minimum absolute atomic E-state index is 0.157. The SMILES string of the molecule is Nc1cnc(-c2cccc(Cl)c2Cl)c(CO)c1. The molecule has 0 radical (unpaired) electrons. The molecular formula is C12H10Cl2N2O. The Morgan fingerprint density at radius 2 is 2.06 bits per heavy atom. The van der Waals surface area contributed by atoms with Gasteiger partial charge in [0.15, 0.2) is 0 Å². The maximum Gasteiger partial charge on any atom is 0.0774 e. The number of halogens is 2. The third-order valence-corrected chi connectivity index (χ3v) is 3.18. The number of rotatable bonds is 2. The van der Waals surface area contributed by atoms with Crippen LogP contribution in [0.3, 0.4) is 0 Å². The van der Waals surface area contributed by atoms with Crippen molar-refractivity contribution in [2.75, 3.05) is 5.73 Å². The average Bonchev–Trinajstić information content (AvgIpc) is 2.33. The van der Waals surface area contributed by atoms with Crippen LogP contribution >= 0.6 is 23.2 Å². The summed E-state index contributed by atoms with van der Waals surface area (Å²) in [5.74, 6) is 0. The van der Waals surface area contributed by atoms with Crippen molar-refractivity contribution in [3.63, 3.8) is 0 Å². The first kappa shape index (κ1) is 12.2. The quantitative estimate of drug-likeness (QED) is 0.880. The summed E-state index contributed by atoms with van der Waals surface area (Å²) < 4.78 is 0. The van der Waals surface area contributed by atoms with Gasteiger partial charge in [-0.2, -0.15) is 0 Å². The fourth-order valence-electron chi connectivity index (χ4n) is 1.58. The number of benzene rings is 1. The minimum Gasteiger partial charge on any atom is -0.397 e. The van der Waals surface area contributed by atoms with Crippen LogP contribution < -0.4 is 5.73 Å². The first-order valence-electron chi connectivity index (χ1n) is 4.93. The number of pyridine rings is 1. The van der Waals surface area contributed by atoms with Gasteiger partial charge in [0.1, 0.15) is 0 Å².